The molecule has 0 saturated carbocycles. The van der Waals surface area contributed by atoms with Crippen LogP contribution in [0.15, 0.2) is 0 Å². The number of hydrogen-bond donors (Lipinski definition) is 1. The number of nitrogens with one attached hydrogen (secondary N) is 1. The van der Waals surface area contributed by atoms with E-state index in [-0.39, 0.29) is 0 Å². The number of rotatable bonds is 2. The third-order valence-electron chi connectivity index (χ3n) is 1.86. The molecule has 1 saturated heterocycles. The zero-order valence-electron chi connectivity index (χ0n) is 5.89. The van der Waals surface area contributed by atoms with E-state index in [9.17, 15) is 4.21 Å². The first-order valence-corrected chi connectivity index (χ1v) is 4.96. The lowest BCUT2D eigenvalue weighted by molar-refractivity contribution is 0.278. The van der Waals surface area contributed by atoms with Gasteiger partial charge >= 0.3 is 0 Å². The van der Waals surface area contributed by atoms with E-state index in [1.54, 1.807) is 6.26 Å². The highest BCUT2D eigenvalue weighted by Gasteiger charge is 2.26. The first-order chi connectivity index (χ1) is 4.20. The molecule has 9 heavy (non-hydrogen) atoms. The van der Waals surface area contributed by atoms with Crippen molar-refractivity contribution in [2.45, 2.75) is 13.0 Å². The Morgan fingerprint density at radius 2 is 2.44 bits per heavy atom. The molecule has 1 N–H and O–H groups in total. The molecule has 0 aromatic rings. The molecular formula is C6H13NOS. The van der Waals surface area contributed by atoms with Crippen molar-refractivity contribution in [3.8, 4) is 0 Å². The molecule has 1 fully saturated rings. The van der Waals surface area contributed by atoms with Gasteiger partial charge in [0.15, 0.2) is 0 Å². The van der Waals surface area contributed by atoms with E-state index in [4.69, 9.17) is 0 Å². The van der Waals surface area contributed by atoms with E-state index in [0.29, 0.717) is 12.0 Å². The minimum absolute atomic E-state index is 0.592. The largest absolute Gasteiger partial charge is 0.314 e. The maximum Gasteiger partial charge on any atom is 0.0287 e. The van der Waals surface area contributed by atoms with Crippen molar-refractivity contribution in [2.75, 3.05) is 18.6 Å². The SMILES string of the molecule is C[C@H]1NC[C@@H]1C[S@@](C)=O. The van der Waals surface area contributed by atoms with Crippen LogP contribution in [0.2, 0.25) is 0 Å². The van der Waals surface area contributed by atoms with E-state index >= 15 is 0 Å². The van der Waals surface area contributed by atoms with Gasteiger partial charge in [-0.05, 0) is 12.8 Å². The van der Waals surface area contributed by atoms with Gasteiger partial charge in [-0.1, -0.05) is 0 Å². The second-order valence-corrected chi connectivity index (χ2v) is 4.18. The van der Waals surface area contributed by atoms with Crippen LogP contribution in [-0.2, 0) is 10.8 Å². The average Bonchev–Trinajstić information content (AvgIpc) is 1.79. The third kappa shape index (κ3) is 1.76. The summed E-state index contributed by atoms with van der Waals surface area (Å²) in [4.78, 5) is 0. The predicted molar refractivity (Wildman–Crippen MR) is 39.9 cm³/mol. The van der Waals surface area contributed by atoms with Crippen LogP contribution in [0.25, 0.3) is 0 Å². The zero-order chi connectivity index (χ0) is 6.85. The van der Waals surface area contributed by atoms with Crippen LogP contribution in [0.4, 0.5) is 0 Å². The Morgan fingerprint density at radius 1 is 1.78 bits per heavy atom. The highest BCUT2D eigenvalue weighted by Crippen LogP contribution is 2.12. The topological polar surface area (TPSA) is 29.1 Å². The molecule has 3 atom stereocenters. The molecule has 0 spiro atoms. The molecule has 0 aliphatic carbocycles. The van der Waals surface area contributed by atoms with E-state index in [0.717, 1.165) is 12.3 Å². The Morgan fingerprint density at radius 3 is 2.56 bits per heavy atom. The van der Waals surface area contributed by atoms with E-state index in [2.05, 4.69) is 12.2 Å². The summed E-state index contributed by atoms with van der Waals surface area (Å²) in [6.45, 7) is 3.20. The van der Waals surface area contributed by atoms with Crippen molar-refractivity contribution in [3.63, 3.8) is 0 Å². The van der Waals surface area contributed by atoms with Crippen LogP contribution in [0, 0.1) is 5.92 Å². The molecule has 54 valence electrons. The maximum atomic E-state index is 10.7. The fourth-order valence-electron chi connectivity index (χ4n) is 1.02. The van der Waals surface area contributed by atoms with Crippen molar-refractivity contribution < 1.29 is 4.21 Å². The Labute approximate surface area is 58.5 Å². The van der Waals surface area contributed by atoms with E-state index in [1.165, 1.54) is 0 Å². The highest BCUT2D eigenvalue weighted by atomic mass is 32.2. The summed E-state index contributed by atoms with van der Waals surface area (Å²) in [6.07, 6.45) is 1.77. The van der Waals surface area contributed by atoms with Crippen LogP contribution in [0.5, 0.6) is 0 Å². The van der Waals surface area contributed by atoms with Gasteiger partial charge in [-0.3, -0.25) is 4.21 Å². The summed E-state index contributed by atoms with van der Waals surface area (Å²) in [7, 11) is -0.605. The maximum absolute atomic E-state index is 10.7. The molecule has 1 aliphatic heterocycles. The monoisotopic (exact) mass is 147 g/mol. The first-order valence-electron chi connectivity index (χ1n) is 3.23. The van der Waals surface area contributed by atoms with Gasteiger partial charge in [-0.2, -0.15) is 0 Å². The second-order valence-electron chi connectivity index (χ2n) is 2.70. The molecule has 0 bridgehead atoms. The van der Waals surface area contributed by atoms with Crippen LogP contribution in [-0.4, -0.2) is 28.8 Å². The minimum Gasteiger partial charge on any atom is -0.314 e. The van der Waals surface area contributed by atoms with Crippen LogP contribution < -0.4 is 5.32 Å². The van der Waals surface area contributed by atoms with Gasteiger partial charge in [0.05, 0.1) is 0 Å². The fraction of sp³-hybridized carbons (Fsp3) is 1.00. The molecule has 1 aliphatic rings. The molecule has 0 amide bonds. The van der Waals surface area contributed by atoms with Crippen molar-refractivity contribution >= 4 is 10.8 Å². The minimum atomic E-state index is -0.605. The van der Waals surface area contributed by atoms with E-state index < -0.39 is 10.8 Å². The second kappa shape index (κ2) is 2.80. The lowest BCUT2D eigenvalue weighted by Gasteiger charge is -2.34. The van der Waals surface area contributed by atoms with Crippen molar-refractivity contribution in [3.05, 3.63) is 0 Å². The molecule has 3 heteroatoms. The Bertz CT molecular complexity index is 126. The van der Waals surface area contributed by atoms with E-state index in [1.807, 2.05) is 0 Å². The molecular weight excluding hydrogens is 134 g/mol. The van der Waals surface area contributed by atoms with Gasteiger partial charge in [0.1, 0.15) is 0 Å². The normalized spacial score (nSPS) is 37.6. The molecule has 0 aromatic carbocycles. The quantitative estimate of drug-likeness (QED) is 0.594. The van der Waals surface area contributed by atoms with Crippen molar-refractivity contribution in [2.24, 2.45) is 5.92 Å². The summed E-state index contributed by atoms with van der Waals surface area (Å²) in [5.41, 5.74) is 0. The van der Waals surface area contributed by atoms with Crippen molar-refractivity contribution in [1.82, 2.24) is 5.32 Å². The zero-order valence-corrected chi connectivity index (χ0v) is 6.70. The van der Waals surface area contributed by atoms with Crippen LogP contribution in [0.1, 0.15) is 6.92 Å². The van der Waals surface area contributed by atoms with Crippen LogP contribution >= 0.6 is 0 Å². The molecule has 0 aromatic heterocycles. The Hall–Kier alpha value is 0.110. The molecule has 2 nitrogen and oxygen atoms in total. The molecule has 1 heterocycles. The third-order valence-corrected chi connectivity index (χ3v) is 2.76. The van der Waals surface area contributed by atoms with Gasteiger partial charge in [0, 0.05) is 35.4 Å². The fourth-order valence-corrected chi connectivity index (χ4v) is 2.03. The highest BCUT2D eigenvalue weighted by molar-refractivity contribution is 7.84. The molecule has 0 unspecified atom stereocenters. The number of hydrogen-bond acceptors (Lipinski definition) is 2. The van der Waals surface area contributed by atoms with Gasteiger partial charge in [0.2, 0.25) is 0 Å². The summed E-state index contributed by atoms with van der Waals surface area (Å²) < 4.78 is 10.7. The van der Waals surface area contributed by atoms with Gasteiger partial charge in [0.25, 0.3) is 0 Å². The summed E-state index contributed by atoms with van der Waals surface area (Å²) in [5, 5.41) is 3.23. The lowest BCUT2D eigenvalue weighted by Crippen LogP contribution is -2.52. The molecule has 0 radical (unpaired) electrons. The smallest absolute Gasteiger partial charge is 0.0287 e. The van der Waals surface area contributed by atoms with Crippen LogP contribution in [0.3, 0.4) is 0 Å². The summed E-state index contributed by atoms with van der Waals surface area (Å²) in [6, 6.07) is 0.592. The lowest BCUT2D eigenvalue weighted by atomic mass is 9.96. The standard InChI is InChI=1S/C6H13NOS/c1-5-6(3-7-5)4-9(2)8/h5-7H,3-4H2,1-2H3/t5-,6-,9-/m1/s1. The predicted octanol–water partition coefficient (Wildman–Crippen LogP) is -0.0272. The Balaban J connectivity index is 2.21. The summed E-state index contributed by atoms with van der Waals surface area (Å²) in [5.74, 6) is 1.53. The Kier molecular flexibility index (Phi) is 2.24. The van der Waals surface area contributed by atoms with Gasteiger partial charge in [-0.15, -0.1) is 0 Å². The molecule has 1 rings (SSSR count). The van der Waals surface area contributed by atoms with Gasteiger partial charge in [-0.25, -0.2) is 0 Å². The average molecular weight is 147 g/mol. The van der Waals surface area contributed by atoms with Crippen molar-refractivity contribution in [1.29, 1.82) is 0 Å². The first kappa shape index (κ1) is 7.22. The summed E-state index contributed by atoms with van der Waals surface area (Å²) >= 11 is 0. The van der Waals surface area contributed by atoms with Gasteiger partial charge < -0.3 is 5.32 Å².